The third-order valence-electron chi connectivity index (χ3n) is 4.54. The largest absolute Gasteiger partial charge is 0.365 e. The monoisotopic (exact) mass is 268 g/mol. The van der Waals surface area contributed by atoms with Gasteiger partial charge in [0.1, 0.15) is 6.10 Å². The van der Waals surface area contributed by atoms with Crippen molar-refractivity contribution in [1.82, 2.24) is 10.2 Å². The van der Waals surface area contributed by atoms with E-state index in [0.29, 0.717) is 12.0 Å². The van der Waals surface area contributed by atoms with E-state index in [1.165, 1.54) is 0 Å². The summed E-state index contributed by atoms with van der Waals surface area (Å²) >= 11 is 0. The summed E-state index contributed by atoms with van der Waals surface area (Å²) in [6, 6.07) is 0.572. The van der Waals surface area contributed by atoms with Gasteiger partial charge in [-0.05, 0) is 38.6 Å². The minimum Gasteiger partial charge on any atom is -0.365 e. The molecule has 0 aromatic carbocycles. The number of carbonyl (C=O) groups excluding carboxylic acids is 1. The SMILES string of the molecule is CCNC1CCN(C(=O)C2CCC(C)O2)CC1CC. The summed E-state index contributed by atoms with van der Waals surface area (Å²) in [5.74, 6) is 0.800. The molecule has 2 aliphatic heterocycles. The standard InChI is InChI=1S/C15H28N2O2/c1-4-12-10-17(9-8-13(12)16-5-2)15(18)14-7-6-11(3)19-14/h11-14,16H,4-10H2,1-3H3. The average molecular weight is 268 g/mol. The van der Waals surface area contributed by atoms with Gasteiger partial charge in [-0.3, -0.25) is 4.79 Å². The predicted octanol–water partition coefficient (Wildman–Crippen LogP) is 1.79. The maximum Gasteiger partial charge on any atom is 0.251 e. The van der Waals surface area contributed by atoms with Gasteiger partial charge in [-0.1, -0.05) is 20.3 Å². The molecule has 0 saturated carbocycles. The van der Waals surface area contributed by atoms with Crippen LogP contribution in [-0.2, 0) is 9.53 Å². The fourth-order valence-electron chi connectivity index (χ4n) is 3.36. The van der Waals surface area contributed by atoms with Crippen molar-refractivity contribution in [3.8, 4) is 0 Å². The van der Waals surface area contributed by atoms with Crippen LogP contribution >= 0.6 is 0 Å². The van der Waals surface area contributed by atoms with Gasteiger partial charge in [-0.2, -0.15) is 0 Å². The van der Waals surface area contributed by atoms with Crippen molar-refractivity contribution >= 4 is 5.91 Å². The fraction of sp³-hybridized carbons (Fsp3) is 0.933. The third kappa shape index (κ3) is 3.48. The molecular formula is C15H28N2O2. The normalized spacial score (nSPS) is 35.6. The zero-order valence-corrected chi connectivity index (χ0v) is 12.5. The van der Waals surface area contributed by atoms with Crippen molar-refractivity contribution in [3.05, 3.63) is 0 Å². The number of hydrogen-bond donors (Lipinski definition) is 1. The Morgan fingerprint density at radius 3 is 2.68 bits per heavy atom. The molecule has 1 amide bonds. The van der Waals surface area contributed by atoms with E-state index in [-0.39, 0.29) is 18.1 Å². The highest BCUT2D eigenvalue weighted by Gasteiger charge is 2.35. The highest BCUT2D eigenvalue weighted by molar-refractivity contribution is 5.81. The number of amides is 1. The van der Waals surface area contributed by atoms with E-state index in [9.17, 15) is 4.79 Å². The van der Waals surface area contributed by atoms with E-state index in [1.54, 1.807) is 0 Å². The molecule has 19 heavy (non-hydrogen) atoms. The molecule has 4 heteroatoms. The summed E-state index contributed by atoms with van der Waals surface area (Å²) in [7, 11) is 0. The first-order valence-corrected chi connectivity index (χ1v) is 7.83. The summed E-state index contributed by atoms with van der Waals surface area (Å²) < 4.78 is 5.71. The Bertz CT molecular complexity index is 309. The predicted molar refractivity (Wildman–Crippen MR) is 76.0 cm³/mol. The topological polar surface area (TPSA) is 41.6 Å². The van der Waals surface area contributed by atoms with Gasteiger partial charge in [-0.25, -0.2) is 0 Å². The molecule has 4 atom stereocenters. The van der Waals surface area contributed by atoms with Gasteiger partial charge in [0.2, 0.25) is 0 Å². The first kappa shape index (κ1) is 14.8. The number of likely N-dealkylation sites (tertiary alicyclic amines) is 1. The molecule has 0 spiro atoms. The van der Waals surface area contributed by atoms with E-state index in [4.69, 9.17) is 4.74 Å². The van der Waals surface area contributed by atoms with Crippen LogP contribution in [0.5, 0.6) is 0 Å². The van der Waals surface area contributed by atoms with Gasteiger partial charge in [-0.15, -0.1) is 0 Å². The highest BCUT2D eigenvalue weighted by atomic mass is 16.5. The molecule has 0 aliphatic carbocycles. The summed E-state index contributed by atoms with van der Waals surface area (Å²) in [5.41, 5.74) is 0. The van der Waals surface area contributed by atoms with Crippen molar-refractivity contribution in [2.24, 2.45) is 5.92 Å². The minimum atomic E-state index is -0.178. The zero-order valence-electron chi connectivity index (χ0n) is 12.5. The number of carbonyl (C=O) groups is 1. The number of piperidine rings is 1. The van der Waals surface area contributed by atoms with Gasteiger partial charge < -0.3 is 15.0 Å². The third-order valence-corrected chi connectivity index (χ3v) is 4.54. The molecule has 2 aliphatic rings. The van der Waals surface area contributed by atoms with Crippen molar-refractivity contribution in [1.29, 1.82) is 0 Å². The van der Waals surface area contributed by atoms with Gasteiger partial charge in [0.15, 0.2) is 0 Å². The van der Waals surface area contributed by atoms with Gasteiger partial charge in [0, 0.05) is 19.1 Å². The van der Waals surface area contributed by atoms with Gasteiger partial charge >= 0.3 is 0 Å². The summed E-state index contributed by atoms with van der Waals surface area (Å²) in [5, 5.41) is 3.55. The molecule has 2 heterocycles. The lowest BCUT2D eigenvalue weighted by molar-refractivity contribution is -0.144. The minimum absolute atomic E-state index is 0.178. The van der Waals surface area contributed by atoms with Gasteiger partial charge in [0.05, 0.1) is 6.10 Å². The van der Waals surface area contributed by atoms with Crippen LogP contribution in [0.1, 0.15) is 46.5 Å². The van der Waals surface area contributed by atoms with Gasteiger partial charge in [0.25, 0.3) is 5.91 Å². The van der Waals surface area contributed by atoms with Crippen LogP contribution in [0.3, 0.4) is 0 Å². The second-order valence-electron chi connectivity index (χ2n) is 5.92. The maximum atomic E-state index is 12.5. The molecule has 2 fully saturated rings. The van der Waals surface area contributed by atoms with Crippen LogP contribution in [0.4, 0.5) is 0 Å². The maximum absolute atomic E-state index is 12.5. The van der Waals surface area contributed by atoms with E-state index >= 15 is 0 Å². The van der Waals surface area contributed by atoms with Crippen molar-refractivity contribution < 1.29 is 9.53 Å². The van der Waals surface area contributed by atoms with Crippen LogP contribution in [0, 0.1) is 5.92 Å². The lowest BCUT2D eigenvalue weighted by Crippen LogP contribution is -2.52. The highest BCUT2D eigenvalue weighted by Crippen LogP contribution is 2.25. The lowest BCUT2D eigenvalue weighted by atomic mass is 9.89. The first-order valence-electron chi connectivity index (χ1n) is 7.83. The van der Waals surface area contributed by atoms with E-state index < -0.39 is 0 Å². The van der Waals surface area contributed by atoms with Crippen molar-refractivity contribution in [2.75, 3.05) is 19.6 Å². The fourth-order valence-corrected chi connectivity index (χ4v) is 3.36. The Kier molecular flexibility index (Phi) is 5.22. The first-order chi connectivity index (χ1) is 9.15. The number of rotatable bonds is 4. The Morgan fingerprint density at radius 2 is 2.11 bits per heavy atom. The number of ether oxygens (including phenoxy) is 1. The van der Waals surface area contributed by atoms with Crippen LogP contribution in [0.15, 0.2) is 0 Å². The molecule has 0 bridgehead atoms. The van der Waals surface area contributed by atoms with Crippen LogP contribution in [-0.4, -0.2) is 48.7 Å². The zero-order chi connectivity index (χ0) is 13.8. The summed E-state index contributed by atoms with van der Waals surface area (Å²) in [4.78, 5) is 14.5. The molecule has 2 saturated heterocycles. The van der Waals surface area contributed by atoms with Crippen LogP contribution in [0.2, 0.25) is 0 Å². The molecule has 110 valence electrons. The lowest BCUT2D eigenvalue weighted by Gasteiger charge is -2.39. The van der Waals surface area contributed by atoms with E-state index in [0.717, 1.165) is 45.3 Å². The van der Waals surface area contributed by atoms with Crippen molar-refractivity contribution in [3.63, 3.8) is 0 Å². The number of nitrogens with zero attached hydrogens (tertiary/aromatic N) is 1. The molecule has 4 nitrogen and oxygen atoms in total. The van der Waals surface area contributed by atoms with E-state index in [1.807, 2.05) is 4.90 Å². The number of nitrogens with one attached hydrogen (secondary N) is 1. The number of hydrogen-bond acceptors (Lipinski definition) is 3. The second kappa shape index (κ2) is 6.71. The Labute approximate surface area is 116 Å². The Morgan fingerprint density at radius 1 is 1.32 bits per heavy atom. The summed E-state index contributed by atoms with van der Waals surface area (Å²) in [6.07, 6.45) is 4.17. The molecule has 0 radical (unpaired) electrons. The van der Waals surface area contributed by atoms with Crippen LogP contribution in [0.25, 0.3) is 0 Å². The van der Waals surface area contributed by atoms with Crippen molar-refractivity contribution in [2.45, 2.75) is 64.7 Å². The quantitative estimate of drug-likeness (QED) is 0.845. The molecule has 2 rings (SSSR count). The average Bonchev–Trinajstić information content (AvgIpc) is 2.85. The Hall–Kier alpha value is -0.610. The molecular weight excluding hydrogens is 240 g/mol. The van der Waals surface area contributed by atoms with E-state index in [2.05, 4.69) is 26.1 Å². The smallest absolute Gasteiger partial charge is 0.251 e. The molecule has 4 unspecified atom stereocenters. The summed E-state index contributed by atoms with van der Waals surface area (Å²) in [6.45, 7) is 9.20. The second-order valence-corrected chi connectivity index (χ2v) is 5.92. The molecule has 1 N–H and O–H groups in total. The molecule has 0 aromatic rings. The van der Waals surface area contributed by atoms with Crippen LogP contribution < -0.4 is 5.32 Å². The Balaban J connectivity index is 1.90. The molecule has 0 aromatic heterocycles.